The summed E-state index contributed by atoms with van der Waals surface area (Å²) in [6.45, 7) is 2.55. The minimum Gasteiger partial charge on any atom is -0.484 e. The van der Waals surface area contributed by atoms with Crippen molar-refractivity contribution in [3.8, 4) is 5.75 Å². The highest BCUT2D eigenvalue weighted by Crippen LogP contribution is 2.22. The number of aliphatic hydroxyl groups excluding tert-OH is 1. The van der Waals surface area contributed by atoms with Gasteiger partial charge in [0.15, 0.2) is 6.61 Å². The van der Waals surface area contributed by atoms with Gasteiger partial charge in [0.25, 0.3) is 11.8 Å². The molecule has 6 atom stereocenters. The molecule has 0 radical (unpaired) electrons. The Morgan fingerprint density at radius 1 is 0.942 bits per heavy atom. The fraction of sp³-hybridized carbons (Fsp3) is 0.378. The lowest BCUT2D eigenvalue weighted by molar-refractivity contribution is -0.143. The molecule has 0 saturated carbocycles. The minimum absolute atomic E-state index is 0.0474. The van der Waals surface area contributed by atoms with E-state index in [2.05, 4.69) is 31.6 Å². The maximum Gasteiger partial charge on any atom is 0.270 e. The zero-order chi connectivity index (χ0) is 37.2. The molecule has 1 fully saturated rings. The molecular formula is C37H43N7O8. The standard InChI is InChI=1S/C37H43N7O8/c1-22-33(47)39-17-15-24-11-13-27(14-12-24)52-21-31(46)42-29(18-25-8-4-3-5-9-25)37(51)44-20-26(41-34(48)28-10-6-7-16-38-28)19-30(44)35(49)43-32(23(2)45)36(50)40-22/h3-14,16,22-23,26,29-30,32,45H,15,17-21H2,1-2H3,(H,39,47)(H,40,50)(H,41,48)(H,42,46)(H,43,49)/t22-,23+,26-,29-,30-,32-/m0/s1. The number of benzene rings is 2. The molecular weight excluding hydrogens is 670 g/mol. The van der Waals surface area contributed by atoms with Crippen LogP contribution in [-0.4, -0.2) is 106 Å². The second-order valence-electron chi connectivity index (χ2n) is 12.9. The number of aliphatic hydroxyl groups is 1. The molecule has 274 valence electrons. The third kappa shape index (κ3) is 9.90. The van der Waals surface area contributed by atoms with Gasteiger partial charge in [-0.05, 0) is 62.1 Å². The van der Waals surface area contributed by atoms with Gasteiger partial charge >= 0.3 is 0 Å². The van der Waals surface area contributed by atoms with Crippen molar-refractivity contribution < 1.29 is 38.6 Å². The molecule has 6 amide bonds. The smallest absolute Gasteiger partial charge is 0.270 e. The predicted molar refractivity (Wildman–Crippen MR) is 188 cm³/mol. The molecule has 15 nitrogen and oxygen atoms in total. The van der Waals surface area contributed by atoms with E-state index in [-0.39, 0.29) is 31.6 Å². The van der Waals surface area contributed by atoms with E-state index in [1.807, 2.05) is 6.07 Å². The van der Waals surface area contributed by atoms with E-state index in [1.54, 1.807) is 60.7 Å². The van der Waals surface area contributed by atoms with Gasteiger partial charge in [0.05, 0.1) is 6.10 Å². The number of hydrogen-bond donors (Lipinski definition) is 6. The van der Waals surface area contributed by atoms with Crippen molar-refractivity contribution in [3.05, 3.63) is 95.8 Å². The zero-order valence-corrected chi connectivity index (χ0v) is 28.9. The zero-order valence-electron chi connectivity index (χ0n) is 28.9. The molecule has 1 saturated heterocycles. The molecule has 52 heavy (non-hydrogen) atoms. The predicted octanol–water partition coefficient (Wildman–Crippen LogP) is -0.370. The number of hydrogen-bond acceptors (Lipinski definition) is 9. The first kappa shape index (κ1) is 37.4. The Bertz CT molecular complexity index is 1740. The van der Waals surface area contributed by atoms with Crippen LogP contribution in [0.3, 0.4) is 0 Å². The first-order valence-electron chi connectivity index (χ1n) is 17.1. The molecule has 0 aliphatic carbocycles. The number of nitrogens with one attached hydrogen (secondary N) is 5. The molecule has 3 aromatic rings. The van der Waals surface area contributed by atoms with Gasteiger partial charge in [-0.3, -0.25) is 33.8 Å². The Labute approximate surface area is 300 Å². The largest absolute Gasteiger partial charge is 0.484 e. The van der Waals surface area contributed by atoms with Gasteiger partial charge < -0.3 is 41.3 Å². The van der Waals surface area contributed by atoms with Crippen LogP contribution in [-0.2, 0) is 36.8 Å². The number of carbonyl (C=O) groups excluding carboxylic acids is 6. The summed E-state index contributed by atoms with van der Waals surface area (Å²) in [7, 11) is 0. The van der Waals surface area contributed by atoms with Crippen molar-refractivity contribution in [1.82, 2.24) is 36.5 Å². The molecule has 15 heteroatoms. The molecule has 3 aliphatic heterocycles. The number of rotatable bonds is 5. The van der Waals surface area contributed by atoms with Gasteiger partial charge in [-0.15, -0.1) is 0 Å². The van der Waals surface area contributed by atoms with Crippen molar-refractivity contribution >= 4 is 35.4 Å². The summed E-state index contributed by atoms with van der Waals surface area (Å²) in [6.07, 6.45) is 0.584. The Kier molecular flexibility index (Phi) is 12.5. The summed E-state index contributed by atoms with van der Waals surface area (Å²) < 4.78 is 5.71. The molecule has 4 heterocycles. The maximum absolute atomic E-state index is 14.4. The Hall–Kier alpha value is -5.83. The average Bonchev–Trinajstić information content (AvgIpc) is 3.56. The highest BCUT2D eigenvalue weighted by molar-refractivity contribution is 5.97. The van der Waals surface area contributed by atoms with Crippen LogP contribution in [0.15, 0.2) is 79.0 Å². The number of pyridine rings is 1. The van der Waals surface area contributed by atoms with Crippen LogP contribution in [0.25, 0.3) is 0 Å². The third-order valence-corrected chi connectivity index (χ3v) is 8.86. The number of aromatic nitrogens is 1. The van der Waals surface area contributed by atoms with E-state index >= 15 is 0 Å². The van der Waals surface area contributed by atoms with E-state index in [0.717, 1.165) is 11.1 Å². The number of nitrogens with zero attached hydrogens (tertiary/aromatic N) is 2. The maximum atomic E-state index is 14.4. The van der Waals surface area contributed by atoms with Crippen LogP contribution in [0.4, 0.5) is 0 Å². The second kappa shape index (κ2) is 17.4. The van der Waals surface area contributed by atoms with E-state index in [1.165, 1.54) is 31.0 Å². The van der Waals surface area contributed by atoms with Crippen LogP contribution in [0.1, 0.15) is 41.9 Å². The molecule has 2 bridgehead atoms. The van der Waals surface area contributed by atoms with Crippen LogP contribution in [0.5, 0.6) is 5.75 Å². The Morgan fingerprint density at radius 2 is 1.67 bits per heavy atom. The highest BCUT2D eigenvalue weighted by atomic mass is 16.5. The SMILES string of the molecule is C[C@@H]1NC(=O)[C@H]([C@@H](C)O)NC(=O)[C@@H]2C[C@H](NC(=O)c3ccccn3)CN2C(=O)[C@H](Cc2ccccc2)NC(=O)COc2ccc(cc2)CCNC1=O. The van der Waals surface area contributed by atoms with E-state index < -0.39 is 78.4 Å². The van der Waals surface area contributed by atoms with E-state index in [4.69, 9.17) is 4.74 Å². The van der Waals surface area contributed by atoms with Crippen molar-refractivity contribution in [1.29, 1.82) is 0 Å². The van der Waals surface area contributed by atoms with Gasteiger partial charge in [-0.25, -0.2) is 0 Å². The van der Waals surface area contributed by atoms with Gasteiger partial charge in [-0.2, -0.15) is 0 Å². The molecule has 6 rings (SSSR count). The lowest BCUT2D eigenvalue weighted by atomic mass is 10.0. The summed E-state index contributed by atoms with van der Waals surface area (Å²) in [5, 5.41) is 24.0. The van der Waals surface area contributed by atoms with Gasteiger partial charge in [-0.1, -0.05) is 48.5 Å². The van der Waals surface area contributed by atoms with Gasteiger partial charge in [0, 0.05) is 31.7 Å². The molecule has 2 aromatic carbocycles. The fourth-order valence-corrected chi connectivity index (χ4v) is 6.08. The van der Waals surface area contributed by atoms with Crippen molar-refractivity contribution in [2.75, 3.05) is 19.7 Å². The van der Waals surface area contributed by atoms with Crippen LogP contribution in [0.2, 0.25) is 0 Å². The quantitative estimate of drug-likeness (QED) is 0.191. The third-order valence-electron chi connectivity index (χ3n) is 8.86. The van der Waals surface area contributed by atoms with E-state index in [0.29, 0.717) is 12.2 Å². The first-order valence-corrected chi connectivity index (χ1v) is 17.1. The first-order chi connectivity index (χ1) is 25.0. The molecule has 3 aliphatic rings. The fourth-order valence-electron chi connectivity index (χ4n) is 6.08. The lowest BCUT2D eigenvalue weighted by Gasteiger charge is -2.30. The van der Waals surface area contributed by atoms with Crippen LogP contribution >= 0.6 is 0 Å². The lowest BCUT2D eigenvalue weighted by Crippen LogP contribution is -2.60. The summed E-state index contributed by atoms with van der Waals surface area (Å²) in [4.78, 5) is 86.2. The number of fused-ring (bicyclic) bond motifs is 16. The Morgan fingerprint density at radius 3 is 2.37 bits per heavy atom. The van der Waals surface area contributed by atoms with E-state index in [9.17, 15) is 33.9 Å². The topological polar surface area (TPSA) is 208 Å². The highest BCUT2D eigenvalue weighted by Gasteiger charge is 2.44. The average molecular weight is 714 g/mol. The van der Waals surface area contributed by atoms with Crippen molar-refractivity contribution in [2.45, 2.75) is 69.4 Å². The minimum atomic E-state index is -1.49. The molecule has 0 spiro atoms. The van der Waals surface area contributed by atoms with Crippen molar-refractivity contribution in [3.63, 3.8) is 0 Å². The van der Waals surface area contributed by atoms with Gasteiger partial charge in [0.1, 0.15) is 35.6 Å². The molecule has 0 unspecified atom stereocenters. The number of carbonyl (C=O) groups is 6. The van der Waals surface area contributed by atoms with Crippen molar-refractivity contribution in [2.24, 2.45) is 0 Å². The summed E-state index contributed by atoms with van der Waals surface area (Å²) in [5.74, 6) is -3.35. The number of ether oxygens (including phenoxy) is 1. The Balaban J connectivity index is 1.46. The molecule has 1 aromatic heterocycles. The van der Waals surface area contributed by atoms with Crippen LogP contribution in [0, 0.1) is 0 Å². The summed E-state index contributed by atoms with van der Waals surface area (Å²) in [6, 6.07) is 15.2. The van der Waals surface area contributed by atoms with Crippen LogP contribution < -0.4 is 31.3 Å². The molecule has 6 N–H and O–H groups in total. The monoisotopic (exact) mass is 713 g/mol. The summed E-state index contributed by atoms with van der Waals surface area (Å²) in [5.41, 5.74) is 1.76. The number of amides is 6. The summed E-state index contributed by atoms with van der Waals surface area (Å²) >= 11 is 0. The second-order valence-corrected chi connectivity index (χ2v) is 12.9. The normalized spacial score (nSPS) is 24.1. The van der Waals surface area contributed by atoms with Gasteiger partial charge in [0.2, 0.25) is 23.6 Å².